The van der Waals surface area contributed by atoms with Crippen molar-refractivity contribution in [2.75, 3.05) is 37.6 Å². The Kier molecular flexibility index (Phi) is 7.69. The molecular weight excluding hydrogens is 461 g/mol. The summed E-state index contributed by atoms with van der Waals surface area (Å²) in [5.41, 5.74) is 1.66. The number of thiophene rings is 1. The Morgan fingerprint density at radius 1 is 0.971 bits per heavy atom. The Morgan fingerprint density at radius 2 is 1.77 bits per heavy atom. The number of aromatic nitrogens is 2. The molecule has 2 aromatic heterocycles. The number of halogens is 1. The minimum atomic E-state index is -0.129. The SMILES string of the molecule is O=C(NCC1CCN(Cc2ccccc2F)CC1)C1CCN(c2ccc(-c3cccs3)nn2)CC1. The van der Waals surface area contributed by atoms with Gasteiger partial charge in [-0.3, -0.25) is 9.69 Å². The maximum Gasteiger partial charge on any atom is 0.223 e. The van der Waals surface area contributed by atoms with E-state index in [-0.39, 0.29) is 17.6 Å². The minimum absolute atomic E-state index is 0.0609. The molecule has 184 valence electrons. The van der Waals surface area contributed by atoms with E-state index in [2.05, 4.69) is 25.3 Å². The molecule has 1 N–H and O–H groups in total. The summed E-state index contributed by atoms with van der Waals surface area (Å²) in [5, 5.41) is 14.1. The van der Waals surface area contributed by atoms with E-state index < -0.39 is 0 Å². The molecule has 0 saturated carbocycles. The first-order valence-electron chi connectivity index (χ1n) is 12.5. The summed E-state index contributed by atoms with van der Waals surface area (Å²) in [7, 11) is 0. The van der Waals surface area contributed by atoms with E-state index in [1.807, 2.05) is 41.8 Å². The molecule has 6 nitrogen and oxygen atoms in total. The highest BCUT2D eigenvalue weighted by molar-refractivity contribution is 7.13. The highest BCUT2D eigenvalue weighted by Crippen LogP contribution is 2.26. The molecule has 2 aliphatic heterocycles. The van der Waals surface area contributed by atoms with E-state index in [0.29, 0.717) is 12.5 Å². The molecule has 2 aliphatic rings. The molecule has 4 heterocycles. The molecule has 8 heteroatoms. The van der Waals surface area contributed by atoms with Gasteiger partial charge in [-0.25, -0.2) is 4.39 Å². The van der Waals surface area contributed by atoms with Crippen LogP contribution in [0, 0.1) is 17.7 Å². The summed E-state index contributed by atoms with van der Waals surface area (Å²) in [4.78, 5) is 18.4. The second kappa shape index (κ2) is 11.3. The molecule has 0 aliphatic carbocycles. The Labute approximate surface area is 210 Å². The van der Waals surface area contributed by atoms with Gasteiger partial charge in [0.05, 0.1) is 4.88 Å². The quantitative estimate of drug-likeness (QED) is 0.522. The summed E-state index contributed by atoms with van der Waals surface area (Å²) in [5.74, 6) is 1.48. The molecule has 35 heavy (non-hydrogen) atoms. The molecule has 0 atom stereocenters. The van der Waals surface area contributed by atoms with Gasteiger partial charge in [0.25, 0.3) is 0 Å². The predicted octanol–water partition coefficient (Wildman–Crippen LogP) is 4.59. The van der Waals surface area contributed by atoms with Crippen LogP contribution in [0.1, 0.15) is 31.2 Å². The monoisotopic (exact) mass is 493 g/mol. The highest BCUT2D eigenvalue weighted by atomic mass is 32.1. The fourth-order valence-corrected chi connectivity index (χ4v) is 5.72. The van der Waals surface area contributed by atoms with Crippen molar-refractivity contribution in [3.05, 3.63) is 65.3 Å². The van der Waals surface area contributed by atoms with E-state index in [4.69, 9.17) is 0 Å². The number of rotatable bonds is 7. The first-order valence-corrected chi connectivity index (χ1v) is 13.4. The van der Waals surface area contributed by atoms with Crippen LogP contribution in [0.25, 0.3) is 10.6 Å². The van der Waals surface area contributed by atoms with Gasteiger partial charge in [-0.15, -0.1) is 21.5 Å². The zero-order valence-electron chi connectivity index (χ0n) is 19.9. The van der Waals surface area contributed by atoms with Crippen molar-refractivity contribution >= 4 is 23.1 Å². The molecule has 2 fully saturated rings. The van der Waals surface area contributed by atoms with Crippen LogP contribution in [0.5, 0.6) is 0 Å². The molecule has 1 aromatic carbocycles. The van der Waals surface area contributed by atoms with Gasteiger partial charge in [0.15, 0.2) is 5.82 Å². The molecule has 3 aromatic rings. The lowest BCUT2D eigenvalue weighted by molar-refractivity contribution is -0.125. The topological polar surface area (TPSA) is 61.4 Å². The molecule has 0 bridgehead atoms. The lowest BCUT2D eigenvalue weighted by Gasteiger charge is -2.34. The van der Waals surface area contributed by atoms with Crippen molar-refractivity contribution in [2.45, 2.75) is 32.2 Å². The summed E-state index contributed by atoms with van der Waals surface area (Å²) in [6.45, 7) is 4.92. The second-order valence-electron chi connectivity index (χ2n) is 9.57. The second-order valence-corrected chi connectivity index (χ2v) is 10.5. The van der Waals surface area contributed by atoms with Crippen LogP contribution in [0.2, 0.25) is 0 Å². The fourth-order valence-electron chi connectivity index (χ4n) is 5.03. The lowest BCUT2D eigenvalue weighted by atomic mass is 9.94. The van der Waals surface area contributed by atoms with Crippen molar-refractivity contribution in [2.24, 2.45) is 11.8 Å². The summed E-state index contributed by atoms with van der Waals surface area (Å²) < 4.78 is 13.9. The average molecular weight is 494 g/mol. The van der Waals surface area contributed by atoms with Crippen LogP contribution in [-0.2, 0) is 11.3 Å². The summed E-state index contributed by atoms with van der Waals surface area (Å²) >= 11 is 1.66. The third-order valence-corrected chi connectivity index (χ3v) is 8.13. The third-order valence-electron chi connectivity index (χ3n) is 7.24. The number of nitrogens with one attached hydrogen (secondary N) is 1. The van der Waals surface area contributed by atoms with Crippen LogP contribution in [0.15, 0.2) is 53.9 Å². The van der Waals surface area contributed by atoms with E-state index in [0.717, 1.165) is 80.4 Å². The number of likely N-dealkylation sites (tertiary alicyclic amines) is 1. The largest absolute Gasteiger partial charge is 0.356 e. The number of hydrogen-bond donors (Lipinski definition) is 1. The van der Waals surface area contributed by atoms with Crippen LogP contribution < -0.4 is 10.2 Å². The van der Waals surface area contributed by atoms with Crippen molar-refractivity contribution in [3.8, 4) is 10.6 Å². The predicted molar refractivity (Wildman–Crippen MR) is 138 cm³/mol. The molecule has 5 rings (SSSR count). The average Bonchev–Trinajstić information content (AvgIpc) is 3.45. The molecular formula is C27H32FN5OS. The van der Waals surface area contributed by atoms with Crippen LogP contribution in [0.3, 0.4) is 0 Å². The van der Waals surface area contributed by atoms with Crippen molar-refractivity contribution < 1.29 is 9.18 Å². The van der Waals surface area contributed by atoms with Crippen LogP contribution >= 0.6 is 11.3 Å². The Morgan fingerprint density at radius 3 is 2.46 bits per heavy atom. The normalized spacial score (nSPS) is 18.0. The standard InChI is InChI=1S/C27H32FN5OS/c28-23-5-2-1-4-22(23)19-32-13-9-20(10-14-32)18-29-27(34)21-11-15-33(16-12-21)26-8-7-24(30-31-26)25-6-3-17-35-25/h1-8,17,20-21H,9-16,18-19H2,(H,29,34). The van der Waals surface area contributed by atoms with Gasteiger partial charge in [-0.1, -0.05) is 24.3 Å². The number of nitrogens with zero attached hydrogens (tertiary/aromatic N) is 4. The first kappa shape index (κ1) is 23.9. The Hall–Kier alpha value is -2.84. The van der Waals surface area contributed by atoms with E-state index in [1.54, 1.807) is 17.4 Å². The highest BCUT2D eigenvalue weighted by Gasteiger charge is 2.27. The maximum absolute atomic E-state index is 13.9. The number of hydrogen-bond acceptors (Lipinski definition) is 6. The third kappa shape index (κ3) is 6.05. The van der Waals surface area contributed by atoms with E-state index >= 15 is 0 Å². The zero-order chi connectivity index (χ0) is 24.0. The Bertz CT molecular complexity index is 1090. The number of carbonyl (C=O) groups is 1. The number of anilines is 1. The lowest BCUT2D eigenvalue weighted by Crippen LogP contribution is -2.43. The van der Waals surface area contributed by atoms with E-state index in [9.17, 15) is 9.18 Å². The zero-order valence-corrected chi connectivity index (χ0v) is 20.7. The van der Waals surface area contributed by atoms with Gasteiger partial charge in [0, 0.05) is 37.7 Å². The van der Waals surface area contributed by atoms with Crippen molar-refractivity contribution in [3.63, 3.8) is 0 Å². The van der Waals surface area contributed by atoms with Gasteiger partial charge in [-0.05, 0) is 74.3 Å². The number of amides is 1. The van der Waals surface area contributed by atoms with Crippen LogP contribution in [-0.4, -0.2) is 53.7 Å². The summed E-state index contributed by atoms with van der Waals surface area (Å²) in [6, 6.07) is 15.1. The summed E-state index contributed by atoms with van der Waals surface area (Å²) in [6.07, 6.45) is 3.74. The minimum Gasteiger partial charge on any atom is -0.356 e. The molecule has 1 amide bonds. The van der Waals surface area contributed by atoms with E-state index in [1.165, 1.54) is 6.07 Å². The maximum atomic E-state index is 13.9. The van der Waals surface area contributed by atoms with Gasteiger partial charge in [-0.2, -0.15) is 0 Å². The van der Waals surface area contributed by atoms with Crippen molar-refractivity contribution in [1.29, 1.82) is 0 Å². The molecule has 2 saturated heterocycles. The number of carbonyl (C=O) groups excluding carboxylic acids is 1. The van der Waals surface area contributed by atoms with Gasteiger partial charge >= 0.3 is 0 Å². The molecule has 0 unspecified atom stereocenters. The first-order chi connectivity index (χ1) is 17.2. The smallest absolute Gasteiger partial charge is 0.223 e. The van der Waals surface area contributed by atoms with Crippen LogP contribution in [0.4, 0.5) is 10.2 Å². The van der Waals surface area contributed by atoms with Gasteiger partial charge in [0.2, 0.25) is 5.91 Å². The fraction of sp³-hybridized carbons (Fsp3) is 0.444. The Balaban J connectivity index is 1.02. The van der Waals surface area contributed by atoms with Crippen molar-refractivity contribution in [1.82, 2.24) is 20.4 Å². The van der Waals surface area contributed by atoms with Gasteiger partial charge < -0.3 is 10.2 Å². The molecule has 0 spiro atoms. The number of piperidine rings is 2. The number of benzene rings is 1. The molecule has 0 radical (unpaired) electrons. The van der Waals surface area contributed by atoms with Gasteiger partial charge in [0.1, 0.15) is 11.5 Å².